The van der Waals surface area contributed by atoms with E-state index >= 15 is 0 Å². The molecule has 1 aromatic carbocycles. The zero-order valence-electron chi connectivity index (χ0n) is 21.2. The number of amides is 1. The van der Waals surface area contributed by atoms with Crippen LogP contribution in [0, 0.1) is 5.92 Å². The van der Waals surface area contributed by atoms with E-state index in [1.165, 1.54) is 0 Å². The Labute approximate surface area is 202 Å². The highest BCUT2D eigenvalue weighted by Gasteiger charge is 2.25. The van der Waals surface area contributed by atoms with Crippen molar-refractivity contribution in [3.8, 4) is 0 Å². The average Bonchev–Trinajstić information content (AvgIpc) is 2.74. The van der Waals surface area contributed by atoms with Gasteiger partial charge in [0.05, 0.1) is 18.9 Å². The van der Waals surface area contributed by atoms with Crippen molar-refractivity contribution < 1.29 is 33.4 Å². The van der Waals surface area contributed by atoms with Gasteiger partial charge in [-0.25, -0.2) is 4.79 Å². The van der Waals surface area contributed by atoms with Gasteiger partial charge in [-0.3, -0.25) is 14.4 Å². The number of nitrogens with one attached hydrogen (secondary N) is 1. The van der Waals surface area contributed by atoms with Crippen LogP contribution in [-0.2, 0) is 35.2 Å². The van der Waals surface area contributed by atoms with Gasteiger partial charge >= 0.3 is 18.0 Å². The Balaban J connectivity index is 2.54. The van der Waals surface area contributed by atoms with Crippen molar-refractivity contribution in [1.82, 2.24) is 5.32 Å². The molecule has 0 aliphatic rings. The van der Waals surface area contributed by atoms with E-state index in [2.05, 4.69) is 5.32 Å². The molecule has 0 saturated carbocycles. The first-order valence-corrected chi connectivity index (χ1v) is 11.8. The molecule has 0 fully saturated rings. The molecule has 34 heavy (non-hydrogen) atoms. The van der Waals surface area contributed by atoms with Crippen LogP contribution in [-0.4, -0.2) is 41.6 Å². The van der Waals surface area contributed by atoms with Gasteiger partial charge in [-0.2, -0.15) is 0 Å². The van der Waals surface area contributed by atoms with Crippen LogP contribution < -0.4 is 5.32 Å². The summed E-state index contributed by atoms with van der Waals surface area (Å²) >= 11 is 0. The number of esters is 2. The molecule has 2 atom stereocenters. The summed E-state index contributed by atoms with van der Waals surface area (Å²) in [5.41, 5.74) is 0.218. The van der Waals surface area contributed by atoms with Crippen molar-refractivity contribution in [2.24, 2.45) is 5.92 Å². The second-order valence-corrected chi connectivity index (χ2v) is 9.67. The molecular formula is C26H39NO7. The van der Waals surface area contributed by atoms with Crippen LogP contribution in [0.25, 0.3) is 0 Å². The van der Waals surface area contributed by atoms with Gasteiger partial charge in [-0.1, -0.05) is 51.1 Å². The first-order chi connectivity index (χ1) is 15.9. The molecule has 0 aliphatic heterocycles. The second kappa shape index (κ2) is 14.4. The number of benzene rings is 1. The molecule has 8 nitrogen and oxygen atoms in total. The lowest BCUT2D eigenvalue weighted by atomic mass is 9.98. The van der Waals surface area contributed by atoms with Crippen LogP contribution in [0.2, 0.25) is 0 Å². The molecule has 1 rings (SSSR count). The van der Waals surface area contributed by atoms with E-state index in [0.29, 0.717) is 12.8 Å². The fraction of sp³-hybridized carbons (Fsp3) is 0.615. The van der Waals surface area contributed by atoms with E-state index in [1.807, 2.05) is 44.2 Å². The normalized spacial score (nSPS) is 13.0. The molecule has 1 aromatic rings. The Kier molecular flexibility index (Phi) is 12.3. The number of carbonyl (C=O) groups excluding carboxylic acids is 4. The van der Waals surface area contributed by atoms with Crippen molar-refractivity contribution in [3.05, 3.63) is 35.9 Å². The maximum Gasteiger partial charge on any atom is 0.408 e. The van der Waals surface area contributed by atoms with Gasteiger partial charge in [0.15, 0.2) is 5.78 Å². The molecule has 0 bridgehead atoms. The lowest BCUT2D eigenvalue weighted by molar-refractivity contribution is -0.162. The van der Waals surface area contributed by atoms with Gasteiger partial charge in [0, 0.05) is 6.42 Å². The maximum atomic E-state index is 12.7. The van der Waals surface area contributed by atoms with Crippen LogP contribution in [0.5, 0.6) is 0 Å². The van der Waals surface area contributed by atoms with Crippen molar-refractivity contribution in [1.29, 1.82) is 0 Å². The largest absolute Gasteiger partial charge is 0.462 e. The fourth-order valence-electron chi connectivity index (χ4n) is 3.13. The van der Waals surface area contributed by atoms with Gasteiger partial charge in [-0.05, 0) is 45.1 Å². The quantitative estimate of drug-likeness (QED) is 0.323. The van der Waals surface area contributed by atoms with Crippen molar-refractivity contribution in [2.75, 3.05) is 0 Å². The number of carbonyl (C=O) groups is 4. The number of hydrogen-bond donors (Lipinski definition) is 1. The third kappa shape index (κ3) is 13.0. The topological polar surface area (TPSA) is 108 Å². The SMILES string of the molecule is CC[C@H](CC(=O)OC(C)(C)C)OC(=O)CCC(=O)[C@@H](CC(C)C)NC(=O)OCc1ccccc1. The number of Topliss-reactive ketones (excluding diaryl/α,β-unsaturated/α-hetero) is 1. The van der Waals surface area contributed by atoms with Gasteiger partial charge in [-0.15, -0.1) is 0 Å². The molecule has 0 aromatic heterocycles. The molecule has 0 heterocycles. The summed E-state index contributed by atoms with van der Waals surface area (Å²) in [6.45, 7) is 11.1. The van der Waals surface area contributed by atoms with Crippen LogP contribution in [0.3, 0.4) is 0 Å². The van der Waals surface area contributed by atoms with Gasteiger partial charge in [0.25, 0.3) is 0 Å². The molecular weight excluding hydrogens is 438 g/mol. The minimum Gasteiger partial charge on any atom is -0.462 e. The van der Waals surface area contributed by atoms with Crippen molar-refractivity contribution in [2.45, 2.75) is 98.0 Å². The average molecular weight is 478 g/mol. The van der Waals surface area contributed by atoms with E-state index in [0.717, 1.165) is 5.56 Å². The van der Waals surface area contributed by atoms with Crippen LogP contribution in [0.15, 0.2) is 30.3 Å². The molecule has 0 radical (unpaired) electrons. The number of rotatable bonds is 13. The van der Waals surface area contributed by atoms with Crippen LogP contribution in [0.4, 0.5) is 4.79 Å². The Hall–Kier alpha value is -2.90. The molecule has 190 valence electrons. The predicted molar refractivity (Wildman–Crippen MR) is 128 cm³/mol. The minimum atomic E-state index is -0.764. The molecule has 1 amide bonds. The Morgan fingerprint density at radius 1 is 0.971 bits per heavy atom. The highest BCUT2D eigenvalue weighted by molar-refractivity contribution is 5.89. The molecule has 1 N–H and O–H groups in total. The van der Waals surface area contributed by atoms with Gasteiger partial charge < -0.3 is 19.5 Å². The smallest absolute Gasteiger partial charge is 0.408 e. The predicted octanol–water partition coefficient (Wildman–Crippen LogP) is 4.73. The van der Waals surface area contributed by atoms with E-state index in [-0.39, 0.29) is 37.6 Å². The van der Waals surface area contributed by atoms with E-state index in [4.69, 9.17) is 14.2 Å². The van der Waals surface area contributed by atoms with Crippen molar-refractivity contribution in [3.63, 3.8) is 0 Å². The highest BCUT2D eigenvalue weighted by atomic mass is 16.6. The lowest BCUT2D eigenvalue weighted by Crippen LogP contribution is -2.42. The lowest BCUT2D eigenvalue weighted by Gasteiger charge is -2.22. The maximum absolute atomic E-state index is 12.7. The zero-order chi connectivity index (χ0) is 25.7. The standard InChI is InChI=1S/C26H39NO7/c1-7-20(16-24(30)34-26(4,5)6)33-23(29)14-13-22(28)21(15-18(2)3)27-25(31)32-17-19-11-9-8-10-12-19/h8-12,18,20-21H,7,13-17H2,1-6H3,(H,27,31)/t20-,21-/m1/s1. The van der Waals surface area contributed by atoms with Gasteiger partial charge in [0.2, 0.25) is 0 Å². The number of hydrogen-bond acceptors (Lipinski definition) is 7. The third-order valence-electron chi connectivity index (χ3n) is 4.74. The minimum absolute atomic E-state index is 0.0434. The Bertz CT molecular complexity index is 799. The first kappa shape index (κ1) is 29.1. The van der Waals surface area contributed by atoms with Crippen LogP contribution >= 0.6 is 0 Å². The number of ketones is 1. The number of alkyl carbamates (subject to hydrolysis) is 1. The Morgan fingerprint density at radius 3 is 2.18 bits per heavy atom. The summed E-state index contributed by atoms with van der Waals surface area (Å²) < 4.78 is 15.8. The fourth-order valence-corrected chi connectivity index (χ4v) is 3.13. The zero-order valence-corrected chi connectivity index (χ0v) is 21.2. The molecule has 0 saturated heterocycles. The summed E-state index contributed by atoms with van der Waals surface area (Å²) in [5.74, 6) is -1.15. The van der Waals surface area contributed by atoms with Crippen LogP contribution in [0.1, 0.15) is 79.2 Å². The van der Waals surface area contributed by atoms with Crippen molar-refractivity contribution >= 4 is 23.8 Å². The summed E-state index contributed by atoms with van der Waals surface area (Å²) in [6, 6.07) is 8.46. The highest BCUT2D eigenvalue weighted by Crippen LogP contribution is 2.14. The molecule has 0 unspecified atom stereocenters. The van der Waals surface area contributed by atoms with E-state index in [1.54, 1.807) is 27.7 Å². The summed E-state index contributed by atoms with van der Waals surface area (Å²) in [7, 11) is 0. The summed E-state index contributed by atoms with van der Waals surface area (Å²) in [4.78, 5) is 49.2. The number of ether oxygens (including phenoxy) is 3. The molecule has 0 aliphatic carbocycles. The van der Waals surface area contributed by atoms with E-state index in [9.17, 15) is 19.2 Å². The Morgan fingerprint density at radius 2 is 1.62 bits per heavy atom. The summed E-state index contributed by atoms with van der Waals surface area (Å²) in [6.07, 6.45) is -0.701. The van der Waals surface area contributed by atoms with Gasteiger partial charge in [0.1, 0.15) is 18.3 Å². The molecule has 0 spiro atoms. The monoisotopic (exact) mass is 477 g/mol. The third-order valence-corrected chi connectivity index (χ3v) is 4.74. The summed E-state index contributed by atoms with van der Waals surface area (Å²) in [5, 5.41) is 2.62. The first-order valence-electron chi connectivity index (χ1n) is 11.8. The second-order valence-electron chi connectivity index (χ2n) is 9.67. The molecule has 8 heteroatoms. The van der Waals surface area contributed by atoms with E-state index < -0.39 is 35.8 Å².